The first kappa shape index (κ1) is 19.9. The Bertz CT molecular complexity index is 1330. The number of benzene rings is 3. The Morgan fingerprint density at radius 1 is 0.906 bits per heavy atom. The van der Waals surface area contributed by atoms with Gasteiger partial charge in [0.05, 0.1) is 17.0 Å². The lowest BCUT2D eigenvalue weighted by molar-refractivity contribution is -0.153. The summed E-state index contributed by atoms with van der Waals surface area (Å²) in [5, 5.41) is 1.60. The number of rotatable bonds is 2. The number of fused-ring (bicyclic) bond motifs is 7. The van der Waals surface area contributed by atoms with Crippen LogP contribution in [-0.4, -0.2) is 41.7 Å². The van der Waals surface area contributed by atoms with Crippen LogP contribution in [0.5, 0.6) is 0 Å². The summed E-state index contributed by atoms with van der Waals surface area (Å²) < 4.78 is 29.9. The summed E-state index contributed by atoms with van der Waals surface area (Å²) >= 11 is 0. The fourth-order valence-corrected chi connectivity index (χ4v) is 8.23. The number of piperazine rings is 1. The van der Waals surface area contributed by atoms with E-state index in [1.807, 2.05) is 47.4 Å². The highest BCUT2D eigenvalue weighted by Gasteiger charge is 2.56. The molecule has 164 valence electrons. The van der Waals surface area contributed by atoms with Gasteiger partial charge in [-0.25, -0.2) is 8.42 Å². The van der Waals surface area contributed by atoms with Gasteiger partial charge in [-0.3, -0.25) is 4.79 Å². The monoisotopic (exact) mass is 446 g/mol. The van der Waals surface area contributed by atoms with Crippen LogP contribution in [-0.2, 0) is 21.2 Å². The van der Waals surface area contributed by atoms with Crippen LogP contribution in [0.4, 0.5) is 0 Å². The van der Waals surface area contributed by atoms with E-state index in [1.165, 1.54) is 5.56 Å². The molecule has 3 aliphatic rings. The lowest BCUT2D eigenvalue weighted by Crippen LogP contribution is -2.68. The topological polar surface area (TPSA) is 57.7 Å². The summed E-state index contributed by atoms with van der Waals surface area (Å²) in [4.78, 5) is 16.1. The highest BCUT2D eigenvalue weighted by atomic mass is 32.2. The van der Waals surface area contributed by atoms with Gasteiger partial charge < -0.3 is 4.90 Å². The average Bonchev–Trinajstić information content (AvgIpc) is 2.81. The molecule has 3 heterocycles. The zero-order valence-electron chi connectivity index (χ0n) is 18.0. The summed E-state index contributed by atoms with van der Waals surface area (Å²) in [5.74, 6) is -0.0447. The standard InChI is InChI=1S/C26H26N2O3S/c1-17-16-19-9-3-5-12-21(19)25-22-13-7-14-23(26(29)27(17)25)28(22)32(30,31)24-15-6-10-18-8-2-4-11-20(18)24/h2-6,8-12,15,17,22-23,25H,7,13-14,16H2,1H3/t17-,22?,23?,25+/m0/s1. The Morgan fingerprint density at radius 2 is 1.66 bits per heavy atom. The van der Waals surface area contributed by atoms with Gasteiger partial charge in [0.2, 0.25) is 15.9 Å². The van der Waals surface area contributed by atoms with E-state index in [9.17, 15) is 13.2 Å². The minimum atomic E-state index is -3.87. The third-order valence-corrected chi connectivity index (χ3v) is 9.48. The van der Waals surface area contributed by atoms with E-state index in [0.29, 0.717) is 16.7 Å². The average molecular weight is 447 g/mol. The molecular weight excluding hydrogens is 420 g/mol. The molecule has 0 N–H and O–H groups in total. The SMILES string of the molecule is C[C@H]1Cc2ccccc2[C@@H]2C3CCCC(C(=O)N21)N3S(=O)(=O)c1cccc2ccccc12. The molecular formula is C26H26N2O3S. The zero-order chi connectivity index (χ0) is 22.0. The maximum absolute atomic E-state index is 14.2. The van der Waals surface area contributed by atoms with Gasteiger partial charge in [0.25, 0.3) is 0 Å². The summed E-state index contributed by atoms with van der Waals surface area (Å²) in [6.07, 6.45) is 3.02. The summed E-state index contributed by atoms with van der Waals surface area (Å²) in [6, 6.07) is 20.1. The third kappa shape index (κ3) is 2.72. The first-order valence-corrected chi connectivity index (χ1v) is 12.8. The van der Waals surface area contributed by atoms with Crippen molar-refractivity contribution in [2.24, 2.45) is 0 Å². The summed E-state index contributed by atoms with van der Waals surface area (Å²) in [5.41, 5.74) is 2.32. The van der Waals surface area contributed by atoms with E-state index in [1.54, 1.807) is 16.4 Å². The van der Waals surface area contributed by atoms with Crippen LogP contribution >= 0.6 is 0 Å². The minimum Gasteiger partial charge on any atom is -0.330 e. The molecule has 5 nitrogen and oxygen atoms in total. The molecule has 0 radical (unpaired) electrons. The molecule has 2 bridgehead atoms. The molecule has 32 heavy (non-hydrogen) atoms. The van der Waals surface area contributed by atoms with Gasteiger partial charge in [-0.2, -0.15) is 4.31 Å². The zero-order valence-corrected chi connectivity index (χ0v) is 18.8. The third-order valence-electron chi connectivity index (χ3n) is 7.48. The van der Waals surface area contributed by atoms with Crippen LogP contribution < -0.4 is 0 Å². The van der Waals surface area contributed by atoms with E-state index in [0.717, 1.165) is 30.2 Å². The number of nitrogens with zero attached hydrogens (tertiary/aromatic N) is 2. The molecule has 3 aromatic carbocycles. The quantitative estimate of drug-likeness (QED) is 0.590. The normalized spacial score (nSPS) is 27.8. The highest BCUT2D eigenvalue weighted by molar-refractivity contribution is 7.89. The molecule has 0 aromatic heterocycles. The fraction of sp³-hybridized carbons (Fsp3) is 0.346. The van der Waals surface area contributed by atoms with Gasteiger partial charge >= 0.3 is 0 Å². The van der Waals surface area contributed by atoms with Crippen molar-refractivity contribution in [3.05, 3.63) is 77.9 Å². The van der Waals surface area contributed by atoms with Crippen LogP contribution in [0.1, 0.15) is 43.4 Å². The number of sulfonamides is 1. The number of piperidine rings is 1. The van der Waals surface area contributed by atoms with E-state index in [-0.39, 0.29) is 24.0 Å². The second kappa shape index (κ2) is 7.15. The molecule has 2 saturated heterocycles. The Labute approximate surface area is 188 Å². The second-order valence-corrected chi connectivity index (χ2v) is 11.1. The molecule has 1 amide bonds. The Hall–Kier alpha value is -2.70. The van der Waals surface area contributed by atoms with Crippen molar-refractivity contribution in [3.8, 4) is 0 Å². The van der Waals surface area contributed by atoms with Gasteiger partial charge in [0.15, 0.2) is 0 Å². The van der Waals surface area contributed by atoms with E-state index >= 15 is 0 Å². The number of hydrogen-bond acceptors (Lipinski definition) is 3. The first-order valence-electron chi connectivity index (χ1n) is 11.4. The van der Waals surface area contributed by atoms with Crippen molar-refractivity contribution in [2.75, 3.05) is 0 Å². The fourth-order valence-electron chi connectivity index (χ4n) is 6.18. The summed E-state index contributed by atoms with van der Waals surface area (Å²) in [6.45, 7) is 2.09. The van der Waals surface area contributed by atoms with Crippen LogP contribution in [0.25, 0.3) is 10.8 Å². The first-order chi connectivity index (χ1) is 15.5. The lowest BCUT2D eigenvalue weighted by Gasteiger charge is -2.56. The molecule has 0 saturated carbocycles. The molecule has 6 heteroatoms. The van der Waals surface area contributed by atoms with Crippen molar-refractivity contribution in [3.63, 3.8) is 0 Å². The molecule has 6 rings (SSSR count). The molecule has 0 aliphatic carbocycles. The van der Waals surface area contributed by atoms with Crippen LogP contribution in [0, 0.1) is 0 Å². The Balaban J connectivity index is 1.54. The molecule has 0 spiro atoms. The van der Waals surface area contributed by atoms with Gasteiger partial charge in [-0.1, -0.05) is 60.7 Å². The van der Waals surface area contributed by atoms with E-state index < -0.39 is 16.1 Å². The van der Waals surface area contributed by atoms with E-state index in [4.69, 9.17) is 0 Å². The number of hydrogen-bond donors (Lipinski definition) is 0. The van der Waals surface area contributed by atoms with Gasteiger partial charge in [-0.15, -0.1) is 0 Å². The van der Waals surface area contributed by atoms with E-state index in [2.05, 4.69) is 19.1 Å². The van der Waals surface area contributed by atoms with Crippen molar-refractivity contribution >= 4 is 26.7 Å². The smallest absolute Gasteiger partial charge is 0.244 e. The maximum Gasteiger partial charge on any atom is 0.244 e. The van der Waals surface area contributed by atoms with Crippen LogP contribution in [0.3, 0.4) is 0 Å². The molecule has 4 atom stereocenters. The molecule has 2 fully saturated rings. The number of amides is 1. The van der Waals surface area contributed by atoms with Gasteiger partial charge in [-0.05, 0) is 55.2 Å². The Morgan fingerprint density at radius 3 is 2.53 bits per heavy atom. The van der Waals surface area contributed by atoms with Gasteiger partial charge in [0, 0.05) is 11.4 Å². The predicted octanol–water partition coefficient (Wildman–Crippen LogP) is 4.28. The van der Waals surface area contributed by atoms with Gasteiger partial charge in [0.1, 0.15) is 6.04 Å². The van der Waals surface area contributed by atoms with Crippen molar-refractivity contribution in [1.29, 1.82) is 0 Å². The number of carbonyl (C=O) groups excluding carboxylic acids is 1. The van der Waals surface area contributed by atoms with Crippen LogP contribution in [0.2, 0.25) is 0 Å². The molecule has 2 unspecified atom stereocenters. The second-order valence-electron chi connectivity index (χ2n) is 9.27. The number of carbonyl (C=O) groups is 1. The van der Waals surface area contributed by atoms with Crippen molar-refractivity contribution < 1.29 is 13.2 Å². The maximum atomic E-state index is 14.2. The summed E-state index contributed by atoms with van der Waals surface area (Å²) in [7, 11) is -3.87. The highest BCUT2D eigenvalue weighted by Crippen LogP contribution is 2.48. The van der Waals surface area contributed by atoms with Crippen LogP contribution in [0.15, 0.2) is 71.6 Å². The Kier molecular flexibility index (Phi) is 4.46. The largest absolute Gasteiger partial charge is 0.330 e. The molecule has 3 aromatic rings. The minimum absolute atomic E-state index is 0.0447. The van der Waals surface area contributed by atoms with Crippen molar-refractivity contribution in [1.82, 2.24) is 9.21 Å². The predicted molar refractivity (Wildman–Crippen MR) is 124 cm³/mol. The molecule has 3 aliphatic heterocycles. The lowest BCUT2D eigenvalue weighted by atomic mass is 9.78. The van der Waals surface area contributed by atoms with Crippen molar-refractivity contribution in [2.45, 2.75) is 61.7 Å².